The van der Waals surface area contributed by atoms with Gasteiger partial charge in [0.05, 0.1) is 0 Å². The second-order valence-corrected chi connectivity index (χ2v) is 6.49. The molecule has 0 radical (unpaired) electrons. The molecule has 0 fully saturated rings. The molecule has 1 unspecified atom stereocenters. The highest BCUT2D eigenvalue weighted by Crippen LogP contribution is 2.47. The normalized spacial score (nSPS) is 21.7. The van der Waals surface area contributed by atoms with E-state index in [1.807, 2.05) is 0 Å². The first-order valence-corrected chi connectivity index (χ1v) is 7.73. The first-order chi connectivity index (χ1) is 9.09. The molecule has 1 heteroatoms. The summed E-state index contributed by atoms with van der Waals surface area (Å²) >= 11 is 3.75. The van der Waals surface area contributed by atoms with E-state index in [4.69, 9.17) is 0 Å². The van der Waals surface area contributed by atoms with E-state index < -0.39 is 0 Å². The van der Waals surface area contributed by atoms with Crippen molar-refractivity contribution in [3.8, 4) is 0 Å². The van der Waals surface area contributed by atoms with Crippen LogP contribution < -0.4 is 0 Å². The first kappa shape index (κ1) is 12.9. The zero-order chi connectivity index (χ0) is 13.6. The Morgan fingerprint density at radius 2 is 1.68 bits per heavy atom. The minimum Gasteiger partial charge on any atom is -0.0789 e. The Hall–Kier alpha value is -1.08. The molecule has 19 heavy (non-hydrogen) atoms. The smallest absolute Gasteiger partial charge is 0.0316 e. The molecular weight excluding hydrogens is 296 g/mol. The van der Waals surface area contributed by atoms with E-state index >= 15 is 0 Å². The molecule has 0 amide bonds. The van der Waals surface area contributed by atoms with Gasteiger partial charge in [0, 0.05) is 10.4 Å². The van der Waals surface area contributed by atoms with Crippen LogP contribution in [0.4, 0.5) is 0 Å². The summed E-state index contributed by atoms with van der Waals surface area (Å²) in [6.45, 7) is 6.71. The lowest BCUT2D eigenvalue weighted by molar-refractivity contribution is 0.907. The molecule has 1 aromatic rings. The van der Waals surface area contributed by atoms with E-state index in [0.29, 0.717) is 5.92 Å². The Bertz CT molecular complexity index is 629. The quantitative estimate of drug-likeness (QED) is 0.614. The number of allylic oxidation sites excluding steroid dienone is 5. The topological polar surface area (TPSA) is 0 Å². The molecule has 0 spiro atoms. The summed E-state index contributed by atoms with van der Waals surface area (Å²) in [5.74, 6) is 0.445. The van der Waals surface area contributed by atoms with Gasteiger partial charge in [-0.2, -0.15) is 0 Å². The molecule has 98 valence electrons. The van der Waals surface area contributed by atoms with Gasteiger partial charge in [0.15, 0.2) is 0 Å². The summed E-state index contributed by atoms with van der Waals surface area (Å²) in [7, 11) is 0. The van der Waals surface area contributed by atoms with Gasteiger partial charge in [-0.15, -0.1) is 0 Å². The highest BCUT2D eigenvalue weighted by Gasteiger charge is 2.29. The van der Waals surface area contributed by atoms with Crippen molar-refractivity contribution in [2.45, 2.75) is 39.5 Å². The summed E-state index contributed by atoms with van der Waals surface area (Å²) in [4.78, 5) is 0. The van der Waals surface area contributed by atoms with Crippen LogP contribution in [0.2, 0.25) is 0 Å². The van der Waals surface area contributed by atoms with Gasteiger partial charge >= 0.3 is 0 Å². The van der Waals surface area contributed by atoms with Crippen molar-refractivity contribution in [1.29, 1.82) is 0 Å². The Kier molecular flexibility index (Phi) is 3.26. The molecule has 1 atom stereocenters. The Morgan fingerprint density at radius 1 is 1.00 bits per heavy atom. The van der Waals surface area contributed by atoms with Crippen LogP contribution in [0, 0.1) is 13.8 Å². The fourth-order valence-electron chi connectivity index (χ4n) is 3.29. The molecular formula is C18H19Br. The molecule has 2 aliphatic rings. The third-order valence-electron chi connectivity index (χ3n) is 4.28. The Labute approximate surface area is 124 Å². The number of rotatable bonds is 1. The lowest BCUT2D eigenvalue weighted by Gasteiger charge is -2.23. The third kappa shape index (κ3) is 2.04. The number of fused-ring (bicyclic) bond motifs is 1. The molecule has 0 aromatic heterocycles. The summed E-state index contributed by atoms with van der Waals surface area (Å²) in [6.07, 6.45) is 9.40. The van der Waals surface area contributed by atoms with Crippen molar-refractivity contribution >= 4 is 22.0 Å². The van der Waals surface area contributed by atoms with Crippen LogP contribution in [0.25, 0.3) is 6.08 Å². The predicted octanol–water partition coefficient (Wildman–Crippen LogP) is 5.80. The summed E-state index contributed by atoms with van der Waals surface area (Å²) in [5, 5.41) is 0. The fourth-order valence-corrected chi connectivity index (χ4v) is 3.91. The zero-order valence-corrected chi connectivity index (χ0v) is 13.3. The second-order valence-electron chi connectivity index (χ2n) is 5.64. The Balaban J connectivity index is 2.17. The summed E-state index contributed by atoms with van der Waals surface area (Å²) in [5.41, 5.74) is 8.66. The van der Waals surface area contributed by atoms with Crippen molar-refractivity contribution < 1.29 is 0 Å². The van der Waals surface area contributed by atoms with Gasteiger partial charge in [0.2, 0.25) is 0 Å². The molecule has 0 N–H and O–H groups in total. The predicted molar refractivity (Wildman–Crippen MR) is 86.6 cm³/mol. The van der Waals surface area contributed by atoms with Crippen LogP contribution in [0.3, 0.4) is 0 Å². The molecule has 0 saturated carbocycles. The van der Waals surface area contributed by atoms with Gasteiger partial charge in [0.1, 0.15) is 0 Å². The largest absolute Gasteiger partial charge is 0.0789 e. The van der Waals surface area contributed by atoms with Crippen molar-refractivity contribution in [3.63, 3.8) is 0 Å². The highest BCUT2D eigenvalue weighted by atomic mass is 79.9. The van der Waals surface area contributed by atoms with Crippen LogP contribution in [0.5, 0.6) is 0 Å². The van der Waals surface area contributed by atoms with Crippen molar-refractivity contribution in [2.75, 3.05) is 0 Å². The number of halogens is 1. The number of hydrogen-bond donors (Lipinski definition) is 0. The molecule has 0 bridgehead atoms. The molecule has 0 heterocycles. The van der Waals surface area contributed by atoms with Crippen LogP contribution in [-0.4, -0.2) is 0 Å². The molecule has 0 saturated heterocycles. The van der Waals surface area contributed by atoms with E-state index in [9.17, 15) is 0 Å². The maximum atomic E-state index is 3.75. The third-order valence-corrected chi connectivity index (χ3v) is 5.06. The minimum atomic E-state index is 0.445. The zero-order valence-electron chi connectivity index (χ0n) is 11.8. The van der Waals surface area contributed by atoms with Gasteiger partial charge < -0.3 is 0 Å². The van der Waals surface area contributed by atoms with Crippen LogP contribution in [0.1, 0.15) is 47.9 Å². The number of aryl methyl sites for hydroxylation is 2. The molecule has 1 aromatic carbocycles. The van der Waals surface area contributed by atoms with Crippen LogP contribution >= 0.6 is 15.9 Å². The van der Waals surface area contributed by atoms with E-state index in [0.717, 1.165) is 12.8 Å². The van der Waals surface area contributed by atoms with Crippen LogP contribution in [0.15, 0.2) is 39.9 Å². The maximum Gasteiger partial charge on any atom is 0.0316 e. The number of hydrogen-bond acceptors (Lipinski definition) is 0. The van der Waals surface area contributed by atoms with Crippen molar-refractivity contribution in [1.82, 2.24) is 0 Å². The van der Waals surface area contributed by atoms with Gasteiger partial charge in [-0.25, -0.2) is 0 Å². The van der Waals surface area contributed by atoms with E-state index in [1.54, 1.807) is 0 Å². The van der Waals surface area contributed by atoms with E-state index in [-0.39, 0.29) is 0 Å². The number of benzene rings is 1. The Morgan fingerprint density at radius 3 is 2.42 bits per heavy atom. The highest BCUT2D eigenvalue weighted by molar-refractivity contribution is 9.12. The average Bonchev–Trinajstić information content (AvgIpc) is 2.73. The van der Waals surface area contributed by atoms with Gasteiger partial charge in [-0.3, -0.25) is 0 Å². The fraction of sp³-hybridized carbons (Fsp3) is 0.333. The molecule has 0 aliphatic heterocycles. The molecule has 3 rings (SSSR count). The monoisotopic (exact) mass is 314 g/mol. The van der Waals surface area contributed by atoms with Gasteiger partial charge in [-0.05, 0) is 61.4 Å². The average molecular weight is 315 g/mol. The second kappa shape index (κ2) is 4.79. The summed E-state index contributed by atoms with van der Waals surface area (Å²) in [6, 6.07) is 4.50. The lowest BCUT2D eigenvalue weighted by Crippen LogP contribution is -2.06. The molecule has 0 nitrogen and oxygen atoms in total. The van der Waals surface area contributed by atoms with Gasteiger partial charge in [0.25, 0.3) is 0 Å². The lowest BCUT2D eigenvalue weighted by atomic mass is 9.83. The van der Waals surface area contributed by atoms with E-state index in [1.165, 1.54) is 37.9 Å². The first-order valence-electron chi connectivity index (χ1n) is 6.94. The standard InChI is InChI=1S/C18H19Br/c1-11-8-9-12(2)17-15(11)10-13(3)18(17)14-6-4-5-7-16(14)19/h6-10,18H,4-5H2,1-3H3. The maximum absolute atomic E-state index is 3.75. The van der Waals surface area contributed by atoms with Crippen molar-refractivity contribution in [2.24, 2.45) is 0 Å². The summed E-state index contributed by atoms with van der Waals surface area (Å²) < 4.78 is 1.28. The van der Waals surface area contributed by atoms with Gasteiger partial charge in [-0.1, -0.05) is 51.9 Å². The molecule has 2 aliphatic carbocycles. The van der Waals surface area contributed by atoms with E-state index in [2.05, 4.69) is 67.1 Å². The van der Waals surface area contributed by atoms with Crippen LogP contribution in [-0.2, 0) is 0 Å². The van der Waals surface area contributed by atoms with Crippen molar-refractivity contribution in [3.05, 3.63) is 62.2 Å². The minimum absolute atomic E-state index is 0.445. The SMILES string of the molecule is CC1=Cc2c(C)ccc(C)c2C1C1=CCCC=C1Br.